The average Bonchev–Trinajstić information content (AvgIpc) is 2.16. The minimum Gasteiger partial charge on any atom is -0.546 e. The summed E-state index contributed by atoms with van der Waals surface area (Å²) in [6.45, 7) is 0. The molecule has 1 atom stereocenters. The van der Waals surface area contributed by atoms with Gasteiger partial charge >= 0.3 is 57.6 Å². The van der Waals surface area contributed by atoms with Gasteiger partial charge in [0.1, 0.15) is 0 Å². The Morgan fingerprint density at radius 3 is 1.81 bits per heavy atom. The van der Waals surface area contributed by atoms with Gasteiger partial charge in [-0.25, -0.2) is 4.39 Å². The van der Waals surface area contributed by atoms with E-state index in [0.29, 0.717) is 0 Å². The Morgan fingerprint density at radius 2 is 1.50 bits per heavy atom. The summed E-state index contributed by atoms with van der Waals surface area (Å²) in [6, 6.07) is 5.04. The zero-order chi connectivity index (χ0) is 11.7. The van der Waals surface area contributed by atoms with Crippen molar-refractivity contribution in [1.82, 2.24) is 0 Å². The molecular weight excluding hydrogens is 255 g/mol. The number of hydrogen-bond donors (Lipinski definition) is 0. The second-order valence-electron chi connectivity index (χ2n) is 2.81. The summed E-state index contributed by atoms with van der Waals surface area (Å²) in [4.78, 5) is 10.3. The van der Waals surface area contributed by atoms with Crippen molar-refractivity contribution in [3.8, 4) is 0 Å². The van der Waals surface area contributed by atoms with E-state index in [2.05, 4.69) is 0 Å². The van der Waals surface area contributed by atoms with Gasteiger partial charge in [-0.15, -0.1) is 0 Å². The monoisotopic (exact) mass is 260 g/mol. The molecular formula is C9H5F4KO2. The Labute approximate surface area is 131 Å². The van der Waals surface area contributed by atoms with Crippen LogP contribution in [0.4, 0.5) is 17.6 Å². The smallest absolute Gasteiger partial charge is 0.546 e. The summed E-state index contributed by atoms with van der Waals surface area (Å²) < 4.78 is 50.1. The van der Waals surface area contributed by atoms with Gasteiger partial charge in [-0.2, -0.15) is 13.2 Å². The van der Waals surface area contributed by atoms with Crippen molar-refractivity contribution in [3.05, 3.63) is 35.9 Å². The van der Waals surface area contributed by atoms with E-state index in [1.54, 1.807) is 0 Å². The molecule has 0 saturated heterocycles. The molecule has 0 aliphatic carbocycles. The van der Waals surface area contributed by atoms with Crippen LogP contribution in [0.15, 0.2) is 30.3 Å². The van der Waals surface area contributed by atoms with Crippen molar-refractivity contribution in [2.75, 3.05) is 0 Å². The zero-order valence-corrected chi connectivity index (χ0v) is 11.3. The number of carboxylic acid groups (broad SMARTS) is 1. The minimum atomic E-state index is -5.55. The van der Waals surface area contributed by atoms with Gasteiger partial charge in [0.05, 0.1) is 5.97 Å². The molecule has 0 aliphatic heterocycles. The quantitative estimate of drug-likeness (QED) is 0.463. The molecule has 82 valence electrons. The summed E-state index contributed by atoms with van der Waals surface area (Å²) in [7, 11) is 0. The van der Waals surface area contributed by atoms with Crippen LogP contribution >= 0.6 is 0 Å². The van der Waals surface area contributed by atoms with Gasteiger partial charge in [-0.05, 0) is 0 Å². The molecule has 0 radical (unpaired) electrons. The summed E-state index contributed by atoms with van der Waals surface area (Å²) in [6.07, 6.45) is -5.55. The Balaban J connectivity index is 0.00000225. The number of carbonyl (C=O) groups is 1. The number of alkyl halides is 4. The van der Waals surface area contributed by atoms with Gasteiger partial charge in [0.15, 0.2) is 0 Å². The van der Waals surface area contributed by atoms with E-state index in [0.717, 1.165) is 24.3 Å². The normalized spacial score (nSPS) is 14.8. The molecule has 0 spiro atoms. The average molecular weight is 260 g/mol. The molecule has 16 heavy (non-hydrogen) atoms. The van der Waals surface area contributed by atoms with Crippen LogP contribution in [0.5, 0.6) is 0 Å². The van der Waals surface area contributed by atoms with Crippen LogP contribution < -0.4 is 56.5 Å². The molecule has 0 saturated carbocycles. The minimum absolute atomic E-state index is 0. The maximum atomic E-state index is 13.4. The van der Waals surface area contributed by atoms with Crippen molar-refractivity contribution in [2.45, 2.75) is 11.8 Å². The summed E-state index contributed by atoms with van der Waals surface area (Å²) in [5.74, 6) is -2.82. The number of rotatable bonds is 2. The van der Waals surface area contributed by atoms with Crippen molar-refractivity contribution >= 4 is 5.97 Å². The van der Waals surface area contributed by atoms with E-state index in [9.17, 15) is 27.5 Å². The van der Waals surface area contributed by atoms with Gasteiger partial charge in [-0.1, -0.05) is 30.3 Å². The molecule has 0 aromatic heterocycles. The standard InChI is InChI=1S/C9H6F4O2.K/c10-8(7(14)15,9(11,12)13)6-4-2-1-3-5-6;/h1-5H,(H,14,15);/q;+1/p-1. The predicted octanol–water partition coefficient (Wildman–Crippen LogP) is -1.83. The number of hydrogen-bond acceptors (Lipinski definition) is 2. The topological polar surface area (TPSA) is 40.1 Å². The fraction of sp³-hybridized carbons (Fsp3) is 0.222. The fourth-order valence-corrected chi connectivity index (χ4v) is 1.07. The first-order chi connectivity index (χ1) is 6.80. The second-order valence-corrected chi connectivity index (χ2v) is 2.81. The Bertz CT molecular complexity index is 366. The molecule has 1 unspecified atom stereocenters. The molecule has 0 amide bonds. The first-order valence-corrected chi connectivity index (χ1v) is 3.82. The Hall–Kier alpha value is 0.0464. The number of aliphatic carboxylic acids is 1. The van der Waals surface area contributed by atoms with Crippen LogP contribution in [0.3, 0.4) is 0 Å². The zero-order valence-electron chi connectivity index (χ0n) is 8.22. The van der Waals surface area contributed by atoms with Gasteiger partial charge in [0.25, 0.3) is 5.67 Å². The number of benzene rings is 1. The van der Waals surface area contributed by atoms with Gasteiger partial charge in [0.2, 0.25) is 0 Å². The number of halogens is 4. The Kier molecular flexibility index (Phi) is 5.61. The second kappa shape index (κ2) is 5.59. The van der Waals surface area contributed by atoms with E-state index >= 15 is 0 Å². The van der Waals surface area contributed by atoms with E-state index < -0.39 is 23.4 Å². The van der Waals surface area contributed by atoms with E-state index in [1.807, 2.05) is 0 Å². The van der Waals surface area contributed by atoms with Crippen LogP contribution in [-0.4, -0.2) is 12.1 Å². The molecule has 1 aromatic carbocycles. The van der Waals surface area contributed by atoms with Crippen LogP contribution in [0, 0.1) is 0 Å². The van der Waals surface area contributed by atoms with Gasteiger partial charge in [0, 0.05) is 5.56 Å². The van der Waals surface area contributed by atoms with E-state index in [-0.39, 0.29) is 51.4 Å². The number of carbonyl (C=O) groups excluding carboxylic acids is 1. The SMILES string of the molecule is O=C([O-])C(F)(c1ccccc1)C(F)(F)F.[K+]. The third kappa shape index (κ3) is 2.83. The van der Waals surface area contributed by atoms with Gasteiger partial charge < -0.3 is 9.90 Å². The summed E-state index contributed by atoms with van der Waals surface area (Å²) >= 11 is 0. The van der Waals surface area contributed by atoms with Gasteiger partial charge in [-0.3, -0.25) is 0 Å². The predicted molar refractivity (Wildman–Crippen MR) is 40.3 cm³/mol. The van der Waals surface area contributed by atoms with Crippen molar-refractivity contribution in [1.29, 1.82) is 0 Å². The molecule has 7 heteroatoms. The first-order valence-electron chi connectivity index (χ1n) is 3.82. The maximum Gasteiger partial charge on any atom is 1.00 e. The number of carboxylic acids is 1. The molecule has 2 nitrogen and oxygen atoms in total. The Morgan fingerprint density at radius 1 is 1.06 bits per heavy atom. The van der Waals surface area contributed by atoms with Crippen LogP contribution in [0.25, 0.3) is 0 Å². The van der Waals surface area contributed by atoms with Crippen molar-refractivity contribution in [2.24, 2.45) is 0 Å². The van der Waals surface area contributed by atoms with Crippen LogP contribution in [-0.2, 0) is 10.5 Å². The molecule has 1 aromatic rings. The van der Waals surface area contributed by atoms with Crippen LogP contribution in [0.1, 0.15) is 5.56 Å². The van der Waals surface area contributed by atoms with Crippen LogP contribution in [0.2, 0.25) is 0 Å². The molecule has 0 bridgehead atoms. The van der Waals surface area contributed by atoms with E-state index in [1.165, 1.54) is 6.07 Å². The summed E-state index contributed by atoms with van der Waals surface area (Å²) in [5, 5.41) is 10.3. The van der Waals surface area contributed by atoms with Crippen molar-refractivity contribution in [3.63, 3.8) is 0 Å². The molecule has 0 aliphatic rings. The maximum absolute atomic E-state index is 13.4. The van der Waals surface area contributed by atoms with E-state index in [4.69, 9.17) is 0 Å². The summed E-state index contributed by atoms with van der Waals surface area (Å²) in [5.41, 5.74) is -5.47. The molecule has 1 rings (SSSR count). The molecule has 0 N–H and O–H groups in total. The third-order valence-electron chi connectivity index (χ3n) is 1.84. The third-order valence-corrected chi connectivity index (χ3v) is 1.84. The molecule has 0 heterocycles. The molecule has 0 fully saturated rings. The largest absolute Gasteiger partial charge is 1.00 e. The van der Waals surface area contributed by atoms with Crippen molar-refractivity contribution < 1.29 is 78.8 Å². The first kappa shape index (κ1) is 16.0. The fourth-order valence-electron chi connectivity index (χ4n) is 1.07.